The van der Waals surface area contributed by atoms with E-state index in [-0.39, 0.29) is 17.3 Å². The van der Waals surface area contributed by atoms with Gasteiger partial charge in [0, 0.05) is 18.8 Å². The molecule has 9 heteroatoms. The Balaban J connectivity index is 1.69. The molecule has 1 fully saturated rings. The Hall–Kier alpha value is -2.91. The zero-order valence-corrected chi connectivity index (χ0v) is 19.3. The van der Waals surface area contributed by atoms with Gasteiger partial charge in [-0.2, -0.15) is 4.31 Å². The van der Waals surface area contributed by atoms with Crippen LogP contribution in [0.1, 0.15) is 35.7 Å². The molecule has 3 rings (SSSR count). The number of methoxy groups -OCH3 is 1. The Kier molecular flexibility index (Phi) is 7.52. The topological polar surface area (TPSA) is 102 Å². The number of carbonyl (C=O) groups is 2. The average Bonchev–Trinajstić information content (AvgIpc) is 2.80. The maximum Gasteiger partial charge on any atom is 0.337 e. The quantitative estimate of drug-likeness (QED) is 0.637. The maximum absolute atomic E-state index is 13.2. The number of nitrogens with zero attached hydrogens (tertiary/aromatic N) is 1. The van der Waals surface area contributed by atoms with Gasteiger partial charge in [0.15, 0.2) is 0 Å². The van der Waals surface area contributed by atoms with Gasteiger partial charge in [-0.1, -0.05) is 0 Å². The zero-order chi connectivity index (χ0) is 23.3. The fourth-order valence-corrected chi connectivity index (χ4v) is 5.28. The van der Waals surface area contributed by atoms with E-state index in [0.29, 0.717) is 43.0 Å². The molecule has 1 N–H and O–H groups in total. The number of hydrogen-bond donors (Lipinski definition) is 1. The Morgan fingerprint density at radius 1 is 1.16 bits per heavy atom. The number of sulfonamides is 1. The third kappa shape index (κ3) is 5.28. The molecule has 0 spiro atoms. The van der Waals surface area contributed by atoms with Gasteiger partial charge in [0.25, 0.3) is 0 Å². The van der Waals surface area contributed by atoms with Crippen LogP contribution in [0.5, 0.6) is 5.75 Å². The van der Waals surface area contributed by atoms with Crippen LogP contribution in [0.4, 0.5) is 5.69 Å². The second-order valence-electron chi connectivity index (χ2n) is 7.62. The summed E-state index contributed by atoms with van der Waals surface area (Å²) in [6, 6.07) is 11.2. The number of hydrogen-bond acceptors (Lipinski definition) is 6. The first-order chi connectivity index (χ1) is 15.3. The number of ether oxygens (including phenoxy) is 2. The Morgan fingerprint density at radius 3 is 2.50 bits per heavy atom. The van der Waals surface area contributed by atoms with Gasteiger partial charge in [-0.25, -0.2) is 13.2 Å². The van der Waals surface area contributed by atoms with Gasteiger partial charge in [0.05, 0.1) is 30.1 Å². The minimum atomic E-state index is -3.73. The molecule has 1 aliphatic heterocycles. The van der Waals surface area contributed by atoms with E-state index in [0.717, 1.165) is 5.56 Å². The fourth-order valence-electron chi connectivity index (χ4n) is 3.68. The summed E-state index contributed by atoms with van der Waals surface area (Å²) in [6.07, 6.45) is 1.19. The first kappa shape index (κ1) is 23.7. The van der Waals surface area contributed by atoms with Crippen LogP contribution in [0, 0.1) is 12.8 Å². The van der Waals surface area contributed by atoms with Crippen LogP contribution >= 0.6 is 0 Å². The highest BCUT2D eigenvalue weighted by Crippen LogP contribution is 2.28. The molecular weight excluding hydrogens is 432 g/mol. The molecule has 0 radical (unpaired) electrons. The van der Waals surface area contributed by atoms with E-state index in [4.69, 9.17) is 4.74 Å². The van der Waals surface area contributed by atoms with Crippen LogP contribution < -0.4 is 10.1 Å². The van der Waals surface area contributed by atoms with E-state index in [9.17, 15) is 18.0 Å². The van der Waals surface area contributed by atoms with Crippen molar-refractivity contribution in [3.05, 3.63) is 53.6 Å². The summed E-state index contributed by atoms with van der Waals surface area (Å²) in [6.45, 7) is 4.66. The molecule has 172 valence electrons. The number of amides is 1. The lowest BCUT2D eigenvalue weighted by atomic mass is 9.98. The number of esters is 1. The molecule has 0 aromatic heterocycles. The molecular formula is C23H28N2O6S. The number of benzene rings is 2. The first-order valence-electron chi connectivity index (χ1n) is 10.5. The van der Waals surface area contributed by atoms with Crippen LogP contribution in [0.3, 0.4) is 0 Å². The van der Waals surface area contributed by atoms with Crippen molar-refractivity contribution in [2.45, 2.75) is 31.6 Å². The number of anilines is 1. The SMILES string of the molecule is CCOc1ccc(S(=O)(=O)N2CCC[C@H](C(=O)Nc3ccc(C(=O)OC)cc3)C2)cc1C. The molecule has 1 saturated heterocycles. The minimum absolute atomic E-state index is 0.112. The van der Waals surface area contributed by atoms with E-state index in [1.807, 2.05) is 13.8 Å². The predicted molar refractivity (Wildman–Crippen MR) is 120 cm³/mol. The number of carbonyl (C=O) groups excluding carboxylic acids is 2. The van der Waals surface area contributed by atoms with Crippen molar-refractivity contribution >= 4 is 27.6 Å². The van der Waals surface area contributed by atoms with Crippen molar-refractivity contribution in [1.82, 2.24) is 4.31 Å². The summed E-state index contributed by atoms with van der Waals surface area (Å²) in [5.41, 5.74) is 1.66. The van der Waals surface area contributed by atoms with E-state index in [2.05, 4.69) is 10.1 Å². The highest BCUT2D eigenvalue weighted by Gasteiger charge is 2.33. The second kappa shape index (κ2) is 10.1. The van der Waals surface area contributed by atoms with Crippen LogP contribution in [0.2, 0.25) is 0 Å². The summed E-state index contributed by atoms with van der Waals surface area (Å²) < 4.78 is 37.9. The third-order valence-electron chi connectivity index (χ3n) is 5.41. The van der Waals surface area contributed by atoms with Crippen molar-refractivity contribution in [1.29, 1.82) is 0 Å². The van der Waals surface area contributed by atoms with Gasteiger partial charge in [-0.15, -0.1) is 0 Å². The van der Waals surface area contributed by atoms with Crippen LogP contribution in [0.25, 0.3) is 0 Å². The molecule has 0 aliphatic carbocycles. The van der Waals surface area contributed by atoms with Crippen LogP contribution in [0.15, 0.2) is 47.4 Å². The van der Waals surface area contributed by atoms with Gasteiger partial charge in [0.2, 0.25) is 15.9 Å². The Labute approximate surface area is 188 Å². The molecule has 2 aromatic carbocycles. The molecule has 0 unspecified atom stereocenters. The van der Waals surface area contributed by atoms with Gasteiger partial charge >= 0.3 is 5.97 Å². The maximum atomic E-state index is 13.2. The summed E-state index contributed by atoms with van der Waals surface area (Å²) in [5.74, 6) is -0.526. The van der Waals surface area contributed by atoms with Crippen molar-refractivity contribution in [3.63, 3.8) is 0 Å². The number of rotatable bonds is 7. The molecule has 8 nitrogen and oxygen atoms in total. The summed E-state index contributed by atoms with van der Waals surface area (Å²) in [5, 5.41) is 2.81. The third-order valence-corrected chi connectivity index (χ3v) is 7.27. The summed E-state index contributed by atoms with van der Waals surface area (Å²) in [7, 11) is -2.43. The number of aryl methyl sites for hydroxylation is 1. The van der Waals surface area contributed by atoms with Crippen molar-refractivity contribution in [3.8, 4) is 5.75 Å². The number of piperidine rings is 1. The van der Waals surface area contributed by atoms with Gasteiger partial charge in [-0.3, -0.25) is 4.79 Å². The van der Waals surface area contributed by atoms with Crippen molar-refractivity contribution in [2.75, 3.05) is 32.1 Å². The van der Waals surface area contributed by atoms with Gasteiger partial charge in [-0.05, 0) is 74.7 Å². The van der Waals surface area contributed by atoms with Gasteiger partial charge < -0.3 is 14.8 Å². The molecule has 1 amide bonds. The smallest absolute Gasteiger partial charge is 0.337 e. The molecule has 0 saturated carbocycles. The normalized spacial score (nSPS) is 16.9. The lowest BCUT2D eigenvalue weighted by Gasteiger charge is -2.31. The number of nitrogens with one attached hydrogen (secondary N) is 1. The van der Waals surface area contributed by atoms with E-state index < -0.39 is 21.9 Å². The predicted octanol–water partition coefficient (Wildman–Crippen LogP) is 3.22. The highest BCUT2D eigenvalue weighted by atomic mass is 32.2. The van der Waals surface area contributed by atoms with Gasteiger partial charge in [0.1, 0.15) is 5.75 Å². The Bertz CT molecular complexity index is 1080. The first-order valence-corrected chi connectivity index (χ1v) is 11.9. The molecule has 32 heavy (non-hydrogen) atoms. The van der Waals surface area contributed by atoms with E-state index >= 15 is 0 Å². The molecule has 2 aromatic rings. The lowest BCUT2D eigenvalue weighted by Crippen LogP contribution is -2.43. The molecule has 1 atom stereocenters. The fraction of sp³-hybridized carbons (Fsp3) is 0.391. The summed E-state index contributed by atoms with van der Waals surface area (Å²) in [4.78, 5) is 24.5. The van der Waals surface area contributed by atoms with E-state index in [1.54, 1.807) is 42.5 Å². The largest absolute Gasteiger partial charge is 0.494 e. The molecule has 0 bridgehead atoms. The van der Waals surface area contributed by atoms with Crippen LogP contribution in [-0.4, -0.2) is 51.4 Å². The standard InChI is InChI=1S/C23H28N2O6S/c1-4-31-21-12-11-20(14-16(21)2)32(28,29)25-13-5-6-18(15-25)22(26)24-19-9-7-17(8-10-19)23(27)30-3/h7-12,14,18H,4-6,13,15H2,1-3H3,(H,24,26)/t18-/m0/s1. The second-order valence-corrected chi connectivity index (χ2v) is 9.56. The van der Waals surface area contributed by atoms with Crippen molar-refractivity contribution < 1.29 is 27.5 Å². The van der Waals surface area contributed by atoms with Crippen LogP contribution in [-0.2, 0) is 19.6 Å². The summed E-state index contributed by atoms with van der Waals surface area (Å²) >= 11 is 0. The minimum Gasteiger partial charge on any atom is -0.494 e. The zero-order valence-electron chi connectivity index (χ0n) is 18.5. The van der Waals surface area contributed by atoms with Crippen molar-refractivity contribution in [2.24, 2.45) is 5.92 Å². The average molecular weight is 461 g/mol. The Morgan fingerprint density at radius 2 is 1.88 bits per heavy atom. The molecule has 1 heterocycles. The lowest BCUT2D eigenvalue weighted by molar-refractivity contribution is -0.120. The monoisotopic (exact) mass is 460 g/mol. The van der Waals surface area contributed by atoms with E-state index in [1.165, 1.54) is 11.4 Å². The highest BCUT2D eigenvalue weighted by molar-refractivity contribution is 7.89. The molecule has 1 aliphatic rings.